The van der Waals surface area contributed by atoms with E-state index in [0.29, 0.717) is 16.5 Å². The van der Waals surface area contributed by atoms with Gasteiger partial charge in [-0.25, -0.2) is 9.78 Å². The molecule has 154 valence electrons. The maximum Gasteiger partial charge on any atom is 0.337 e. The summed E-state index contributed by atoms with van der Waals surface area (Å²) in [6, 6.07) is 12.6. The number of hydrogen-bond donors (Lipinski definition) is 1. The van der Waals surface area contributed by atoms with Crippen molar-refractivity contribution in [3.05, 3.63) is 69.8 Å². The minimum Gasteiger partial charge on any atom is -0.465 e. The van der Waals surface area contributed by atoms with Crippen LogP contribution in [0.1, 0.15) is 21.7 Å². The number of halogens is 1. The number of nitrogens with one attached hydrogen (secondary N) is 1. The number of fused-ring (bicyclic) bond motifs is 1. The summed E-state index contributed by atoms with van der Waals surface area (Å²) in [5.74, 6) is -0.268. The fourth-order valence-electron chi connectivity index (χ4n) is 3.31. The number of carbonyl (C=O) groups excluding carboxylic acids is 1. The average Bonchev–Trinajstić information content (AvgIpc) is 2.79. The van der Waals surface area contributed by atoms with E-state index in [4.69, 9.17) is 21.1 Å². The predicted molar refractivity (Wildman–Crippen MR) is 117 cm³/mol. The minimum absolute atomic E-state index is 0.230. The van der Waals surface area contributed by atoms with E-state index in [2.05, 4.69) is 14.9 Å². The van der Waals surface area contributed by atoms with Gasteiger partial charge in [-0.15, -0.1) is 0 Å². The Morgan fingerprint density at radius 1 is 1.20 bits per heavy atom. The van der Waals surface area contributed by atoms with Gasteiger partial charge < -0.3 is 19.4 Å². The first-order valence-corrected chi connectivity index (χ1v) is 9.85. The SMILES string of the molecule is COC(=O)c1ccc2c(=O)[nH]c(/C(Cl)=C/c3ccc(N4CCOCC4)cc3)nc2c1. The van der Waals surface area contributed by atoms with E-state index in [1.165, 1.54) is 19.2 Å². The number of carbonyl (C=O) groups is 1. The zero-order valence-electron chi connectivity index (χ0n) is 16.4. The van der Waals surface area contributed by atoms with E-state index >= 15 is 0 Å². The number of esters is 1. The third-order valence-corrected chi connectivity index (χ3v) is 5.20. The largest absolute Gasteiger partial charge is 0.465 e. The average molecular weight is 426 g/mol. The van der Waals surface area contributed by atoms with E-state index in [1.807, 2.05) is 24.3 Å². The van der Waals surface area contributed by atoms with Crippen LogP contribution in [0.3, 0.4) is 0 Å². The molecule has 1 aliphatic heterocycles. The highest BCUT2D eigenvalue weighted by atomic mass is 35.5. The van der Waals surface area contributed by atoms with Crippen LogP contribution in [0.4, 0.5) is 5.69 Å². The first kappa shape index (κ1) is 20.1. The summed E-state index contributed by atoms with van der Waals surface area (Å²) in [6.07, 6.45) is 1.74. The van der Waals surface area contributed by atoms with Gasteiger partial charge in [0.25, 0.3) is 5.56 Å². The molecule has 7 nitrogen and oxygen atoms in total. The molecule has 1 aliphatic rings. The van der Waals surface area contributed by atoms with Crippen LogP contribution in [-0.4, -0.2) is 49.4 Å². The Morgan fingerprint density at radius 3 is 2.63 bits per heavy atom. The molecule has 0 atom stereocenters. The Balaban J connectivity index is 1.63. The van der Waals surface area contributed by atoms with Crippen molar-refractivity contribution in [3.8, 4) is 0 Å². The molecule has 0 amide bonds. The van der Waals surface area contributed by atoms with Crippen molar-refractivity contribution in [2.24, 2.45) is 0 Å². The number of ether oxygens (including phenoxy) is 2. The van der Waals surface area contributed by atoms with Crippen molar-refractivity contribution in [3.63, 3.8) is 0 Å². The van der Waals surface area contributed by atoms with Crippen molar-refractivity contribution in [2.75, 3.05) is 38.3 Å². The van der Waals surface area contributed by atoms with Crippen molar-refractivity contribution < 1.29 is 14.3 Å². The predicted octanol–water partition coefficient (Wildman–Crippen LogP) is 3.28. The smallest absolute Gasteiger partial charge is 0.337 e. The van der Waals surface area contributed by atoms with Gasteiger partial charge in [0.05, 0.1) is 41.8 Å². The molecule has 8 heteroatoms. The lowest BCUT2D eigenvalue weighted by Gasteiger charge is -2.28. The Bertz CT molecular complexity index is 1170. The molecule has 0 saturated carbocycles. The lowest BCUT2D eigenvalue weighted by atomic mass is 10.1. The van der Waals surface area contributed by atoms with Crippen molar-refractivity contribution in [1.29, 1.82) is 0 Å². The molecule has 1 aromatic heterocycles. The van der Waals surface area contributed by atoms with Crippen LogP contribution in [0.2, 0.25) is 0 Å². The second-order valence-electron chi connectivity index (χ2n) is 6.82. The molecule has 1 fully saturated rings. The summed E-state index contributed by atoms with van der Waals surface area (Å²) >= 11 is 6.44. The van der Waals surface area contributed by atoms with Gasteiger partial charge in [0.1, 0.15) is 0 Å². The van der Waals surface area contributed by atoms with Gasteiger partial charge in [-0.05, 0) is 42.0 Å². The molecular weight excluding hydrogens is 406 g/mol. The number of benzene rings is 2. The number of nitrogens with zero attached hydrogens (tertiary/aromatic N) is 2. The third-order valence-electron chi connectivity index (χ3n) is 4.92. The number of methoxy groups -OCH3 is 1. The highest BCUT2D eigenvalue weighted by Crippen LogP contribution is 2.23. The fourth-order valence-corrected chi connectivity index (χ4v) is 3.53. The van der Waals surface area contributed by atoms with E-state index in [9.17, 15) is 9.59 Å². The number of aromatic nitrogens is 2. The highest BCUT2D eigenvalue weighted by Gasteiger charge is 2.12. The maximum absolute atomic E-state index is 12.4. The molecule has 0 unspecified atom stereocenters. The van der Waals surface area contributed by atoms with Crippen LogP contribution >= 0.6 is 11.6 Å². The molecule has 0 radical (unpaired) electrons. The van der Waals surface area contributed by atoms with Gasteiger partial charge in [0.2, 0.25) is 0 Å². The lowest BCUT2D eigenvalue weighted by Crippen LogP contribution is -2.36. The summed E-state index contributed by atoms with van der Waals surface area (Å²) in [5, 5.41) is 0.655. The van der Waals surface area contributed by atoms with Crippen LogP contribution in [0.5, 0.6) is 0 Å². The number of H-pyrrole nitrogens is 1. The molecule has 0 spiro atoms. The number of aromatic amines is 1. The summed E-state index contributed by atoms with van der Waals surface area (Å²) in [6.45, 7) is 3.19. The Labute approximate surface area is 177 Å². The standard InChI is InChI=1S/C22H20ClN3O4/c1-29-22(28)15-4-7-17-19(13-15)24-20(25-21(17)27)18(23)12-14-2-5-16(6-3-14)26-8-10-30-11-9-26/h2-7,12-13H,8-11H2,1H3,(H,24,25,27)/b18-12-. The van der Waals surface area contributed by atoms with Gasteiger partial charge in [-0.1, -0.05) is 23.7 Å². The Hall–Kier alpha value is -3.16. The minimum atomic E-state index is -0.498. The van der Waals surface area contributed by atoms with Crippen molar-refractivity contribution in [1.82, 2.24) is 9.97 Å². The maximum atomic E-state index is 12.4. The van der Waals surface area contributed by atoms with E-state index in [-0.39, 0.29) is 16.4 Å². The number of hydrogen-bond acceptors (Lipinski definition) is 6. The Morgan fingerprint density at radius 2 is 1.93 bits per heavy atom. The first-order valence-electron chi connectivity index (χ1n) is 9.48. The fraction of sp³-hybridized carbons (Fsp3) is 0.227. The Kier molecular flexibility index (Phi) is 5.83. The van der Waals surface area contributed by atoms with Gasteiger partial charge in [-0.3, -0.25) is 4.79 Å². The van der Waals surface area contributed by atoms with Gasteiger partial charge in [0, 0.05) is 18.8 Å². The van der Waals surface area contributed by atoms with E-state index < -0.39 is 5.97 Å². The molecule has 1 N–H and O–H groups in total. The van der Waals surface area contributed by atoms with Crippen molar-refractivity contribution in [2.45, 2.75) is 0 Å². The molecule has 1 saturated heterocycles. The summed E-state index contributed by atoms with van der Waals surface area (Å²) < 4.78 is 10.1. The van der Waals surface area contributed by atoms with Gasteiger partial charge in [-0.2, -0.15) is 0 Å². The second-order valence-corrected chi connectivity index (χ2v) is 7.23. The molecule has 4 rings (SSSR count). The molecule has 0 bridgehead atoms. The third kappa shape index (κ3) is 4.22. The summed E-state index contributed by atoms with van der Waals surface area (Å²) in [5.41, 5.74) is 2.35. The van der Waals surface area contributed by atoms with Crippen molar-refractivity contribution >= 4 is 45.3 Å². The monoisotopic (exact) mass is 425 g/mol. The van der Waals surface area contributed by atoms with Gasteiger partial charge in [0.15, 0.2) is 5.82 Å². The van der Waals surface area contributed by atoms with E-state index in [1.54, 1.807) is 12.1 Å². The molecule has 0 aliphatic carbocycles. The summed E-state index contributed by atoms with van der Waals surface area (Å²) in [4.78, 5) is 33.5. The number of morpholine rings is 1. The molecule has 30 heavy (non-hydrogen) atoms. The molecule has 3 aromatic rings. The normalized spacial score (nSPS) is 14.7. The number of rotatable bonds is 4. The van der Waals surface area contributed by atoms with Crippen LogP contribution in [0.25, 0.3) is 22.0 Å². The van der Waals surface area contributed by atoms with Crippen LogP contribution in [0, 0.1) is 0 Å². The molecule has 2 aromatic carbocycles. The topological polar surface area (TPSA) is 84.5 Å². The van der Waals surface area contributed by atoms with Crippen LogP contribution in [0.15, 0.2) is 47.3 Å². The first-order chi connectivity index (χ1) is 14.5. The molecule has 2 heterocycles. The van der Waals surface area contributed by atoms with Crippen LogP contribution in [-0.2, 0) is 9.47 Å². The zero-order chi connectivity index (χ0) is 21.1. The molecular formula is C22H20ClN3O4. The summed E-state index contributed by atoms with van der Waals surface area (Å²) in [7, 11) is 1.30. The number of anilines is 1. The zero-order valence-corrected chi connectivity index (χ0v) is 17.1. The van der Waals surface area contributed by atoms with E-state index in [0.717, 1.165) is 37.6 Å². The highest BCUT2D eigenvalue weighted by molar-refractivity contribution is 6.50. The lowest BCUT2D eigenvalue weighted by molar-refractivity contribution is 0.0601. The van der Waals surface area contributed by atoms with Crippen LogP contribution < -0.4 is 10.5 Å². The van der Waals surface area contributed by atoms with Gasteiger partial charge >= 0.3 is 5.97 Å². The second kappa shape index (κ2) is 8.69. The quantitative estimate of drug-likeness (QED) is 0.646.